The Labute approximate surface area is 320 Å². The van der Waals surface area contributed by atoms with Gasteiger partial charge in [0.15, 0.2) is 0 Å². The van der Waals surface area contributed by atoms with Crippen molar-refractivity contribution in [3.63, 3.8) is 0 Å². The number of amides is 1. The predicted octanol–water partition coefficient (Wildman–Crippen LogP) is 12.9. The maximum Gasteiger partial charge on any atom is 0.268 e. The minimum Gasteiger partial charge on any atom is -0.491 e. The molecule has 0 bridgehead atoms. The second kappa shape index (κ2) is 19.4. The molecule has 2 unspecified atom stereocenters. The molecule has 2 heterocycles. The maximum atomic E-state index is 13.5. The van der Waals surface area contributed by atoms with E-state index in [1.54, 1.807) is 23.5 Å². The number of nitrogens with zero attached hydrogens (tertiary/aromatic N) is 2. The van der Waals surface area contributed by atoms with Crippen LogP contribution in [-0.4, -0.2) is 19.1 Å². The molecule has 1 N–H and O–H groups in total. The Balaban J connectivity index is 1.63. The van der Waals surface area contributed by atoms with Gasteiger partial charge in [-0.25, -0.2) is 4.85 Å². The summed E-state index contributed by atoms with van der Waals surface area (Å²) in [6.45, 7) is 18.1. The van der Waals surface area contributed by atoms with Crippen molar-refractivity contribution < 1.29 is 14.3 Å². The molecule has 0 fully saturated rings. The Morgan fingerprint density at radius 1 is 0.765 bits per heavy atom. The van der Waals surface area contributed by atoms with Crippen LogP contribution in [-0.2, 0) is 4.79 Å². The third-order valence-electron chi connectivity index (χ3n) is 8.96. The number of para-hydroxylation sites is 1. The molecular weight excluding hydrogens is 711 g/mol. The molecule has 0 spiro atoms. The summed E-state index contributed by atoms with van der Waals surface area (Å²) in [5.41, 5.74) is 2.17. The van der Waals surface area contributed by atoms with Crippen LogP contribution < -0.4 is 14.8 Å². The summed E-state index contributed by atoms with van der Waals surface area (Å²) in [6.07, 6.45) is 8.74. The Morgan fingerprint density at radius 2 is 1.24 bits per heavy atom. The van der Waals surface area contributed by atoms with E-state index in [4.69, 9.17) is 16.0 Å². The van der Waals surface area contributed by atoms with Crippen molar-refractivity contribution in [3.8, 4) is 17.6 Å². The molecular formula is C41H45N3O3S4. The molecule has 0 aromatic heterocycles. The lowest BCUT2D eigenvalue weighted by atomic mass is 10.0. The van der Waals surface area contributed by atoms with Gasteiger partial charge in [0.25, 0.3) is 5.91 Å². The van der Waals surface area contributed by atoms with E-state index in [9.17, 15) is 10.1 Å². The fourth-order valence-electron chi connectivity index (χ4n) is 5.79. The van der Waals surface area contributed by atoms with Gasteiger partial charge in [-0.05, 0) is 42.4 Å². The molecule has 3 aromatic rings. The molecule has 2 aliphatic heterocycles. The van der Waals surface area contributed by atoms with Crippen LogP contribution in [0.3, 0.4) is 0 Å². The van der Waals surface area contributed by atoms with Crippen molar-refractivity contribution in [1.82, 2.24) is 0 Å². The standard InChI is InChI=1S/C41H45N3O3S4/c1-6-10-18-27(8-3)25-46-33-35-36(49-40(48-35)31(24-42)39(45)44-30-22-16-13-17-23-30)34(47-26-28(9-4)19-11-7-2)38-37(33)50-41(51-38)32(43-5)29-20-14-12-15-21-29/h12-17,20-23,27-28H,6-11,18-19,25-26H2,1-4H3,(H,44,45). The number of hydrogen-bond acceptors (Lipinski definition) is 8. The van der Waals surface area contributed by atoms with E-state index in [1.165, 1.54) is 23.5 Å². The number of nitrogens with one attached hydrogen (secondary N) is 1. The number of carbonyl (C=O) groups is 1. The minimum absolute atomic E-state index is 0.0612. The molecule has 10 heteroatoms. The summed E-state index contributed by atoms with van der Waals surface area (Å²) in [7, 11) is 0. The van der Waals surface area contributed by atoms with E-state index >= 15 is 0 Å². The summed E-state index contributed by atoms with van der Waals surface area (Å²) in [5.74, 6) is 1.85. The molecule has 0 saturated heterocycles. The first-order chi connectivity index (χ1) is 25.0. The van der Waals surface area contributed by atoms with Gasteiger partial charge >= 0.3 is 0 Å². The number of fused-ring (bicyclic) bond motifs is 2. The van der Waals surface area contributed by atoms with Gasteiger partial charge < -0.3 is 14.8 Å². The lowest BCUT2D eigenvalue weighted by Gasteiger charge is -2.22. The predicted molar refractivity (Wildman–Crippen MR) is 215 cm³/mol. The van der Waals surface area contributed by atoms with E-state index in [-0.39, 0.29) is 5.57 Å². The van der Waals surface area contributed by atoms with Gasteiger partial charge in [-0.15, -0.1) is 0 Å². The molecule has 5 rings (SSSR count). The second-order valence-electron chi connectivity index (χ2n) is 12.5. The summed E-state index contributed by atoms with van der Waals surface area (Å²) in [5, 5.41) is 13.2. The number of carbonyl (C=O) groups excluding carboxylic acids is 1. The molecule has 266 valence electrons. The average molecular weight is 756 g/mol. The van der Waals surface area contributed by atoms with Crippen molar-refractivity contribution in [2.45, 2.75) is 98.6 Å². The van der Waals surface area contributed by atoms with E-state index in [2.05, 4.69) is 43.9 Å². The van der Waals surface area contributed by atoms with Crippen molar-refractivity contribution in [1.29, 1.82) is 5.26 Å². The molecule has 51 heavy (non-hydrogen) atoms. The fourth-order valence-corrected chi connectivity index (χ4v) is 11.3. The number of rotatable bonds is 17. The zero-order valence-corrected chi connectivity index (χ0v) is 33.0. The topological polar surface area (TPSA) is 75.7 Å². The lowest BCUT2D eigenvalue weighted by molar-refractivity contribution is -0.112. The van der Waals surface area contributed by atoms with Crippen molar-refractivity contribution in [2.75, 3.05) is 18.5 Å². The van der Waals surface area contributed by atoms with Crippen molar-refractivity contribution in [2.24, 2.45) is 11.8 Å². The van der Waals surface area contributed by atoms with Crippen LogP contribution in [0.1, 0.15) is 84.6 Å². The van der Waals surface area contributed by atoms with Gasteiger partial charge in [-0.2, -0.15) is 5.26 Å². The highest BCUT2D eigenvalue weighted by atomic mass is 32.2. The molecule has 1 amide bonds. The quantitative estimate of drug-likeness (QED) is 0.0829. The number of ether oxygens (including phenoxy) is 2. The van der Waals surface area contributed by atoms with E-state index in [0.29, 0.717) is 40.7 Å². The Kier molecular flexibility index (Phi) is 14.8. The summed E-state index contributed by atoms with van der Waals surface area (Å²) < 4.78 is 15.2. The van der Waals surface area contributed by atoms with E-state index in [0.717, 1.165) is 92.2 Å². The van der Waals surface area contributed by atoms with Crippen LogP contribution >= 0.6 is 47.0 Å². The second-order valence-corrected chi connectivity index (χ2v) is 17.1. The van der Waals surface area contributed by atoms with Gasteiger partial charge in [0.2, 0.25) is 5.70 Å². The Hall–Kier alpha value is -3.41. The summed E-state index contributed by atoms with van der Waals surface area (Å²) in [6, 6.07) is 21.2. The number of thioether (sulfide) groups is 4. The largest absolute Gasteiger partial charge is 0.491 e. The van der Waals surface area contributed by atoms with Gasteiger partial charge in [0, 0.05) is 5.69 Å². The summed E-state index contributed by atoms with van der Waals surface area (Å²) in [4.78, 5) is 21.2. The van der Waals surface area contributed by atoms with Crippen LogP contribution in [0.2, 0.25) is 0 Å². The van der Waals surface area contributed by atoms with Crippen LogP contribution in [0, 0.1) is 29.7 Å². The van der Waals surface area contributed by atoms with Crippen molar-refractivity contribution >= 4 is 64.3 Å². The minimum atomic E-state index is -0.446. The molecule has 0 aliphatic carbocycles. The van der Waals surface area contributed by atoms with Crippen molar-refractivity contribution in [3.05, 3.63) is 91.7 Å². The third-order valence-corrected chi connectivity index (χ3v) is 14.1. The van der Waals surface area contributed by atoms with Crippen LogP contribution in [0.25, 0.3) is 10.5 Å². The molecule has 2 aliphatic rings. The molecule has 0 radical (unpaired) electrons. The van der Waals surface area contributed by atoms with Gasteiger partial charge in [0.05, 0.1) is 47.8 Å². The van der Waals surface area contributed by atoms with Gasteiger partial charge in [-0.1, -0.05) is 162 Å². The highest BCUT2D eigenvalue weighted by Gasteiger charge is 2.39. The van der Waals surface area contributed by atoms with E-state index < -0.39 is 5.91 Å². The number of benzene rings is 3. The highest BCUT2D eigenvalue weighted by Crippen LogP contribution is 2.69. The summed E-state index contributed by atoms with van der Waals surface area (Å²) >= 11 is 5.96. The fraction of sp³-hybridized carbons (Fsp3) is 0.390. The highest BCUT2D eigenvalue weighted by molar-refractivity contribution is 8.26. The maximum absolute atomic E-state index is 13.5. The average Bonchev–Trinajstić information content (AvgIpc) is 3.79. The molecule has 6 nitrogen and oxygen atoms in total. The van der Waals surface area contributed by atoms with Gasteiger partial charge in [0.1, 0.15) is 23.1 Å². The lowest BCUT2D eigenvalue weighted by Crippen LogP contribution is -2.14. The Morgan fingerprint density at radius 3 is 1.67 bits per heavy atom. The number of anilines is 1. The zero-order chi connectivity index (χ0) is 36.2. The van der Waals surface area contributed by atoms with Crippen LogP contribution in [0.15, 0.2) is 94.3 Å². The first-order valence-corrected chi connectivity index (χ1v) is 21.1. The molecule has 2 atom stereocenters. The first-order valence-electron chi connectivity index (χ1n) is 17.8. The van der Waals surface area contributed by atoms with Crippen LogP contribution in [0.4, 0.5) is 5.69 Å². The number of unbranched alkanes of at least 4 members (excludes halogenated alkanes) is 2. The zero-order valence-electron chi connectivity index (χ0n) is 29.8. The SMILES string of the molecule is [C-]#[N+]C(=C1Sc2c(OCC(CC)CCCC)c3c(c(OCC(CC)CCCC)c2S1)SC(=C(C#N)C(=O)Nc1ccccc1)S3)c1ccccc1. The monoisotopic (exact) mass is 755 g/mol. The number of nitriles is 1. The Bertz CT molecular complexity index is 1770. The smallest absolute Gasteiger partial charge is 0.268 e. The molecule has 0 saturated carbocycles. The van der Waals surface area contributed by atoms with E-state index in [1.807, 2.05) is 60.7 Å². The van der Waals surface area contributed by atoms with Gasteiger partial charge in [-0.3, -0.25) is 4.79 Å². The van der Waals surface area contributed by atoms with Crippen LogP contribution in [0.5, 0.6) is 11.5 Å². The first kappa shape index (κ1) is 38.8. The normalized spacial score (nSPS) is 14.2. The number of hydrogen-bond donors (Lipinski definition) is 1. The third kappa shape index (κ3) is 9.53. The molecule has 3 aromatic carbocycles.